The number of piperidine rings is 2. The Morgan fingerprint density at radius 2 is 2.14 bits per heavy atom. The van der Waals surface area contributed by atoms with E-state index < -0.39 is 0 Å². The second-order valence-electron chi connectivity index (χ2n) is 8.28. The van der Waals surface area contributed by atoms with Crippen molar-refractivity contribution < 1.29 is 4.79 Å². The fourth-order valence-corrected chi connectivity index (χ4v) is 4.81. The van der Waals surface area contributed by atoms with Gasteiger partial charge in [-0.3, -0.25) is 14.4 Å². The zero-order valence-electron chi connectivity index (χ0n) is 17.1. The van der Waals surface area contributed by atoms with Crippen molar-refractivity contribution in [2.24, 2.45) is 5.41 Å². The Labute approximate surface area is 171 Å². The van der Waals surface area contributed by atoms with Crippen LogP contribution in [0.4, 0.5) is 0 Å². The fourth-order valence-electron chi connectivity index (χ4n) is 4.81. The molecule has 2 aromatic rings. The maximum Gasteiger partial charge on any atom is 0.227 e. The SMILES string of the molecule is CN1CC[C@]2(C(=O)NCCCn3ccnn3)CCCN(Cc3cncnc3)[C@H]2C1. The van der Waals surface area contributed by atoms with Gasteiger partial charge in [0, 0.05) is 56.4 Å². The third kappa shape index (κ3) is 4.45. The molecule has 0 unspecified atom stereocenters. The molecular formula is C20H30N8O. The number of likely N-dealkylation sites (tertiary alicyclic amines) is 2. The van der Waals surface area contributed by atoms with Crippen molar-refractivity contribution in [1.29, 1.82) is 0 Å². The minimum atomic E-state index is -0.312. The molecule has 0 aromatic carbocycles. The van der Waals surface area contributed by atoms with E-state index >= 15 is 0 Å². The molecule has 2 aromatic heterocycles. The van der Waals surface area contributed by atoms with Gasteiger partial charge in [0.1, 0.15) is 6.33 Å². The highest BCUT2D eigenvalue weighted by Crippen LogP contribution is 2.43. The first-order chi connectivity index (χ1) is 14.2. The van der Waals surface area contributed by atoms with Crippen molar-refractivity contribution in [2.45, 2.75) is 44.8 Å². The molecule has 1 N–H and O–H groups in total. The predicted molar refractivity (Wildman–Crippen MR) is 108 cm³/mol. The van der Waals surface area contributed by atoms with Crippen LogP contribution in [-0.4, -0.2) is 79.9 Å². The number of aromatic nitrogens is 5. The minimum Gasteiger partial charge on any atom is -0.355 e. The lowest BCUT2D eigenvalue weighted by Crippen LogP contribution is -2.65. The quantitative estimate of drug-likeness (QED) is 0.682. The van der Waals surface area contributed by atoms with Crippen molar-refractivity contribution in [3.8, 4) is 0 Å². The van der Waals surface area contributed by atoms with Crippen LogP contribution in [0, 0.1) is 5.41 Å². The van der Waals surface area contributed by atoms with E-state index in [0.29, 0.717) is 6.54 Å². The molecule has 1 amide bonds. The second kappa shape index (κ2) is 8.96. The molecule has 0 radical (unpaired) electrons. The summed E-state index contributed by atoms with van der Waals surface area (Å²) in [7, 11) is 2.15. The second-order valence-corrected chi connectivity index (χ2v) is 8.28. The summed E-state index contributed by atoms with van der Waals surface area (Å²) in [6.45, 7) is 5.11. The molecule has 2 atom stereocenters. The van der Waals surface area contributed by atoms with E-state index in [2.05, 4.69) is 42.4 Å². The van der Waals surface area contributed by atoms with Crippen LogP contribution < -0.4 is 5.32 Å². The number of hydrogen-bond donors (Lipinski definition) is 1. The number of carbonyl (C=O) groups is 1. The Bertz CT molecular complexity index is 783. The van der Waals surface area contributed by atoms with Crippen LogP contribution in [0.3, 0.4) is 0 Å². The van der Waals surface area contributed by atoms with Gasteiger partial charge in [-0.2, -0.15) is 0 Å². The Morgan fingerprint density at radius 1 is 1.28 bits per heavy atom. The van der Waals surface area contributed by atoms with E-state index in [1.807, 2.05) is 18.6 Å². The number of aryl methyl sites for hydroxylation is 1. The Kier molecular flexibility index (Phi) is 6.15. The number of nitrogens with one attached hydrogen (secondary N) is 1. The maximum absolute atomic E-state index is 13.4. The number of hydrogen-bond acceptors (Lipinski definition) is 7. The van der Waals surface area contributed by atoms with E-state index in [1.54, 1.807) is 17.2 Å². The highest BCUT2D eigenvalue weighted by molar-refractivity contribution is 5.83. The van der Waals surface area contributed by atoms with Crippen LogP contribution in [0.15, 0.2) is 31.1 Å². The molecule has 2 aliphatic rings. The third-order valence-corrected chi connectivity index (χ3v) is 6.34. The van der Waals surface area contributed by atoms with Gasteiger partial charge in [-0.1, -0.05) is 5.21 Å². The average Bonchev–Trinajstić information content (AvgIpc) is 3.26. The van der Waals surface area contributed by atoms with Crippen molar-refractivity contribution in [2.75, 3.05) is 33.2 Å². The molecule has 4 rings (SSSR count). The van der Waals surface area contributed by atoms with Crippen LogP contribution in [0.2, 0.25) is 0 Å². The zero-order chi connectivity index (χ0) is 20.1. The van der Waals surface area contributed by atoms with Crippen molar-refractivity contribution in [3.63, 3.8) is 0 Å². The summed E-state index contributed by atoms with van der Waals surface area (Å²) in [4.78, 5) is 26.5. The summed E-state index contributed by atoms with van der Waals surface area (Å²) in [6.07, 6.45) is 12.6. The monoisotopic (exact) mass is 398 g/mol. The Morgan fingerprint density at radius 3 is 2.93 bits per heavy atom. The molecule has 2 saturated heterocycles. The van der Waals surface area contributed by atoms with Crippen LogP contribution in [-0.2, 0) is 17.9 Å². The Balaban J connectivity index is 1.42. The first-order valence-corrected chi connectivity index (χ1v) is 10.5. The third-order valence-electron chi connectivity index (χ3n) is 6.34. The summed E-state index contributed by atoms with van der Waals surface area (Å²) in [5.74, 6) is 0.211. The molecule has 156 valence electrons. The van der Waals surface area contributed by atoms with Gasteiger partial charge >= 0.3 is 0 Å². The highest BCUT2D eigenvalue weighted by Gasteiger charge is 2.51. The molecule has 29 heavy (non-hydrogen) atoms. The lowest BCUT2D eigenvalue weighted by molar-refractivity contribution is -0.145. The molecule has 2 aliphatic heterocycles. The molecule has 0 aliphatic carbocycles. The average molecular weight is 399 g/mol. The summed E-state index contributed by atoms with van der Waals surface area (Å²) >= 11 is 0. The first kappa shape index (κ1) is 19.9. The first-order valence-electron chi connectivity index (χ1n) is 10.5. The molecule has 9 nitrogen and oxygen atoms in total. The molecule has 0 bridgehead atoms. The van der Waals surface area contributed by atoms with Gasteiger partial charge in [-0.15, -0.1) is 5.10 Å². The highest BCUT2D eigenvalue weighted by atomic mass is 16.2. The summed E-state index contributed by atoms with van der Waals surface area (Å²) in [5, 5.41) is 11.0. The normalized spacial score (nSPS) is 25.5. The van der Waals surface area contributed by atoms with Gasteiger partial charge in [0.05, 0.1) is 11.6 Å². The number of amides is 1. The van der Waals surface area contributed by atoms with Crippen molar-refractivity contribution >= 4 is 5.91 Å². The zero-order valence-corrected chi connectivity index (χ0v) is 17.1. The summed E-state index contributed by atoms with van der Waals surface area (Å²) < 4.78 is 1.80. The minimum absolute atomic E-state index is 0.211. The van der Waals surface area contributed by atoms with Crippen LogP contribution in [0.5, 0.6) is 0 Å². The topological polar surface area (TPSA) is 92.1 Å². The standard InChI is InChI=1S/C20H30N8O/c1-26-10-5-20(19(29)23-6-3-9-28-11-7-24-25-28)4-2-8-27(18(20)15-26)14-17-12-21-16-22-13-17/h7,11-13,16,18H,2-6,8-10,14-15H2,1H3,(H,23,29)/t18-,20+/m0/s1. The molecule has 2 fully saturated rings. The maximum atomic E-state index is 13.4. The van der Waals surface area contributed by atoms with E-state index in [0.717, 1.165) is 64.0 Å². The summed E-state index contributed by atoms with van der Waals surface area (Å²) in [6, 6.07) is 0.213. The van der Waals surface area contributed by atoms with Gasteiger partial charge in [0.15, 0.2) is 0 Å². The van der Waals surface area contributed by atoms with Crippen LogP contribution in [0.1, 0.15) is 31.2 Å². The molecular weight excluding hydrogens is 368 g/mol. The van der Waals surface area contributed by atoms with Gasteiger partial charge in [0.2, 0.25) is 5.91 Å². The van der Waals surface area contributed by atoms with E-state index in [-0.39, 0.29) is 17.4 Å². The number of carbonyl (C=O) groups excluding carboxylic acids is 1. The Hall–Kier alpha value is -2.39. The van der Waals surface area contributed by atoms with E-state index in [9.17, 15) is 4.79 Å². The molecule has 4 heterocycles. The summed E-state index contributed by atoms with van der Waals surface area (Å²) in [5.41, 5.74) is 0.790. The van der Waals surface area contributed by atoms with Crippen molar-refractivity contribution in [1.82, 2.24) is 40.1 Å². The smallest absolute Gasteiger partial charge is 0.227 e. The predicted octanol–water partition coefficient (Wildman–Crippen LogP) is 0.561. The molecule has 9 heteroatoms. The molecule has 0 spiro atoms. The number of nitrogens with zero attached hydrogens (tertiary/aromatic N) is 7. The van der Waals surface area contributed by atoms with Gasteiger partial charge in [-0.05, 0) is 45.8 Å². The lowest BCUT2D eigenvalue weighted by atomic mass is 9.67. The number of rotatable bonds is 7. The van der Waals surface area contributed by atoms with E-state index in [4.69, 9.17) is 0 Å². The number of fused-ring (bicyclic) bond motifs is 1. The van der Waals surface area contributed by atoms with Crippen LogP contribution in [0.25, 0.3) is 0 Å². The number of likely N-dealkylation sites (N-methyl/N-ethyl adjacent to an activating group) is 1. The lowest BCUT2D eigenvalue weighted by Gasteiger charge is -2.53. The van der Waals surface area contributed by atoms with Gasteiger partial charge in [-0.25, -0.2) is 9.97 Å². The van der Waals surface area contributed by atoms with E-state index in [1.165, 1.54) is 0 Å². The van der Waals surface area contributed by atoms with Gasteiger partial charge in [0.25, 0.3) is 0 Å². The van der Waals surface area contributed by atoms with Crippen molar-refractivity contribution in [3.05, 3.63) is 36.7 Å². The molecule has 0 saturated carbocycles. The van der Waals surface area contributed by atoms with Crippen LogP contribution >= 0.6 is 0 Å². The largest absolute Gasteiger partial charge is 0.355 e. The fraction of sp³-hybridized carbons (Fsp3) is 0.650. The van der Waals surface area contributed by atoms with Gasteiger partial charge < -0.3 is 10.2 Å².